The minimum Gasteiger partial charge on any atom is -0.459 e. The topological polar surface area (TPSA) is 63.7 Å². The highest BCUT2D eigenvalue weighted by molar-refractivity contribution is 9.10. The highest BCUT2D eigenvalue weighted by Crippen LogP contribution is 2.31. The number of hydrogen-bond acceptors (Lipinski definition) is 4. The molecule has 1 aromatic carbocycles. The van der Waals surface area contributed by atoms with E-state index >= 15 is 0 Å². The minimum atomic E-state index is -0.705. The first kappa shape index (κ1) is 14.7. The lowest BCUT2D eigenvalue weighted by atomic mass is 10.1. The van der Waals surface area contributed by atoms with Crippen LogP contribution in [0.2, 0.25) is 0 Å². The molecule has 0 atom stereocenters. The van der Waals surface area contributed by atoms with Crippen molar-refractivity contribution in [3.05, 3.63) is 28.2 Å². The van der Waals surface area contributed by atoms with Gasteiger partial charge in [0.25, 0.3) is 11.7 Å². The Hall–Kier alpha value is -1.69. The van der Waals surface area contributed by atoms with Crippen molar-refractivity contribution in [1.82, 2.24) is 0 Å². The Morgan fingerprint density at radius 3 is 2.55 bits per heavy atom. The Morgan fingerprint density at radius 1 is 1.30 bits per heavy atom. The number of carbonyl (C=O) groups excluding carboxylic acids is 3. The summed E-state index contributed by atoms with van der Waals surface area (Å²) in [5.74, 6) is -1.86. The van der Waals surface area contributed by atoms with Gasteiger partial charge in [-0.1, -0.05) is 15.9 Å². The number of nitrogens with zero attached hydrogens (tertiary/aromatic N) is 1. The standard InChI is InChI=1S/C14H14BrNO4/c1-14(2,3)20-11(17)7-16-10-5-4-8(15)6-9(10)12(18)13(16)19/h4-6H,7H2,1-3H3. The van der Waals surface area contributed by atoms with Gasteiger partial charge in [0, 0.05) is 4.47 Å². The van der Waals surface area contributed by atoms with E-state index in [-0.39, 0.29) is 6.54 Å². The molecule has 20 heavy (non-hydrogen) atoms. The zero-order valence-corrected chi connectivity index (χ0v) is 13.0. The molecule has 1 aliphatic heterocycles. The molecule has 1 heterocycles. The van der Waals surface area contributed by atoms with E-state index in [0.29, 0.717) is 15.7 Å². The van der Waals surface area contributed by atoms with Gasteiger partial charge in [-0.15, -0.1) is 0 Å². The zero-order valence-electron chi connectivity index (χ0n) is 11.4. The van der Waals surface area contributed by atoms with Gasteiger partial charge in [0.15, 0.2) is 0 Å². The van der Waals surface area contributed by atoms with Gasteiger partial charge < -0.3 is 4.74 Å². The van der Waals surface area contributed by atoms with Crippen LogP contribution >= 0.6 is 15.9 Å². The fourth-order valence-corrected chi connectivity index (χ4v) is 2.29. The third-order valence-corrected chi connectivity index (χ3v) is 3.13. The average Bonchev–Trinajstić information content (AvgIpc) is 2.52. The van der Waals surface area contributed by atoms with E-state index in [2.05, 4.69) is 15.9 Å². The Morgan fingerprint density at radius 2 is 1.95 bits per heavy atom. The van der Waals surface area contributed by atoms with Crippen molar-refractivity contribution >= 4 is 39.3 Å². The summed E-state index contributed by atoms with van der Waals surface area (Å²) in [6, 6.07) is 4.92. The van der Waals surface area contributed by atoms with E-state index in [1.165, 1.54) is 0 Å². The van der Waals surface area contributed by atoms with Crippen molar-refractivity contribution in [3.63, 3.8) is 0 Å². The maximum absolute atomic E-state index is 11.9. The number of ether oxygens (including phenoxy) is 1. The Bertz CT molecular complexity index is 604. The lowest BCUT2D eigenvalue weighted by Gasteiger charge is -2.22. The molecule has 0 radical (unpaired) electrons. The molecule has 1 amide bonds. The predicted molar refractivity (Wildman–Crippen MR) is 76.7 cm³/mol. The molecule has 0 aliphatic carbocycles. The molecule has 0 aromatic heterocycles. The van der Waals surface area contributed by atoms with Gasteiger partial charge in [0.05, 0.1) is 11.3 Å². The second kappa shape index (κ2) is 5.01. The van der Waals surface area contributed by atoms with Gasteiger partial charge in [0.1, 0.15) is 12.1 Å². The molecule has 0 N–H and O–H groups in total. The summed E-state index contributed by atoms with van der Waals surface area (Å²) in [5.41, 5.74) is 0.105. The van der Waals surface area contributed by atoms with Crippen LogP contribution in [0.15, 0.2) is 22.7 Å². The van der Waals surface area contributed by atoms with Crippen LogP contribution in [0.5, 0.6) is 0 Å². The number of rotatable bonds is 2. The molecule has 1 aliphatic rings. The van der Waals surface area contributed by atoms with Gasteiger partial charge in [-0.05, 0) is 39.0 Å². The fraction of sp³-hybridized carbons (Fsp3) is 0.357. The van der Waals surface area contributed by atoms with E-state index < -0.39 is 23.3 Å². The van der Waals surface area contributed by atoms with Crippen molar-refractivity contribution in [2.75, 3.05) is 11.4 Å². The number of benzene rings is 1. The number of amides is 1. The molecule has 1 aromatic rings. The average molecular weight is 340 g/mol. The lowest BCUT2D eigenvalue weighted by molar-refractivity contribution is -0.153. The molecule has 6 heteroatoms. The first-order valence-corrected chi connectivity index (χ1v) is 6.86. The van der Waals surface area contributed by atoms with Crippen LogP contribution in [-0.2, 0) is 14.3 Å². The third kappa shape index (κ3) is 2.90. The first-order valence-electron chi connectivity index (χ1n) is 6.06. The van der Waals surface area contributed by atoms with E-state index in [1.54, 1.807) is 39.0 Å². The summed E-state index contributed by atoms with van der Waals surface area (Å²) in [7, 11) is 0. The monoisotopic (exact) mass is 339 g/mol. The minimum absolute atomic E-state index is 0.267. The maximum Gasteiger partial charge on any atom is 0.326 e. The molecule has 0 bridgehead atoms. The largest absolute Gasteiger partial charge is 0.459 e. The zero-order chi connectivity index (χ0) is 15.1. The summed E-state index contributed by atoms with van der Waals surface area (Å²) in [6.45, 7) is 4.96. The summed E-state index contributed by atoms with van der Waals surface area (Å²) < 4.78 is 5.87. The number of halogens is 1. The maximum atomic E-state index is 11.9. The number of esters is 1. The summed E-state index contributed by atoms with van der Waals surface area (Å²) in [4.78, 5) is 36.7. The van der Waals surface area contributed by atoms with Crippen LogP contribution in [0.4, 0.5) is 5.69 Å². The highest BCUT2D eigenvalue weighted by Gasteiger charge is 2.37. The normalized spacial score (nSPS) is 14.5. The molecule has 0 unspecified atom stereocenters. The summed E-state index contributed by atoms with van der Waals surface area (Å²) >= 11 is 3.25. The van der Waals surface area contributed by atoms with E-state index in [4.69, 9.17) is 4.74 Å². The predicted octanol–water partition coefficient (Wildman–Crippen LogP) is 2.32. The highest BCUT2D eigenvalue weighted by atomic mass is 79.9. The summed E-state index contributed by atoms with van der Waals surface area (Å²) in [5, 5.41) is 0. The molecule has 0 fully saturated rings. The lowest BCUT2D eigenvalue weighted by Crippen LogP contribution is -2.38. The molecular formula is C14H14BrNO4. The van der Waals surface area contributed by atoms with Crippen molar-refractivity contribution < 1.29 is 19.1 Å². The summed E-state index contributed by atoms with van der Waals surface area (Å²) in [6.07, 6.45) is 0. The second-order valence-corrected chi connectivity index (χ2v) is 6.38. The third-order valence-electron chi connectivity index (χ3n) is 2.64. The van der Waals surface area contributed by atoms with E-state index in [1.807, 2.05) is 0 Å². The quantitative estimate of drug-likeness (QED) is 0.612. The Balaban J connectivity index is 2.24. The van der Waals surface area contributed by atoms with Crippen LogP contribution in [0, 0.1) is 0 Å². The van der Waals surface area contributed by atoms with Crippen molar-refractivity contribution in [3.8, 4) is 0 Å². The van der Waals surface area contributed by atoms with Gasteiger partial charge >= 0.3 is 5.97 Å². The molecule has 5 nitrogen and oxygen atoms in total. The number of carbonyl (C=O) groups is 3. The SMILES string of the molecule is CC(C)(C)OC(=O)CN1C(=O)C(=O)c2cc(Br)ccc21. The van der Waals surface area contributed by atoms with Gasteiger partial charge in [-0.25, -0.2) is 0 Å². The smallest absolute Gasteiger partial charge is 0.326 e. The molecule has 0 spiro atoms. The van der Waals surface area contributed by atoms with Crippen LogP contribution in [0.25, 0.3) is 0 Å². The number of hydrogen-bond donors (Lipinski definition) is 0. The molecule has 2 rings (SSSR count). The van der Waals surface area contributed by atoms with Crippen molar-refractivity contribution in [2.24, 2.45) is 0 Å². The van der Waals surface area contributed by atoms with Gasteiger partial charge in [-0.3, -0.25) is 19.3 Å². The molecular weight excluding hydrogens is 326 g/mol. The molecule has 0 saturated heterocycles. The van der Waals surface area contributed by atoms with Crippen molar-refractivity contribution in [2.45, 2.75) is 26.4 Å². The van der Waals surface area contributed by atoms with Crippen LogP contribution < -0.4 is 4.90 Å². The number of fused-ring (bicyclic) bond motifs is 1. The Labute approximate surface area is 125 Å². The van der Waals surface area contributed by atoms with Crippen LogP contribution in [-0.4, -0.2) is 29.8 Å². The van der Waals surface area contributed by atoms with Gasteiger partial charge in [-0.2, -0.15) is 0 Å². The van der Waals surface area contributed by atoms with E-state index in [0.717, 1.165) is 4.90 Å². The first-order chi connectivity index (χ1) is 9.19. The fourth-order valence-electron chi connectivity index (χ4n) is 1.93. The number of ketones is 1. The second-order valence-electron chi connectivity index (χ2n) is 5.47. The van der Waals surface area contributed by atoms with Crippen molar-refractivity contribution in [1.29, 1.82) is 0 Å². The number of anilines is 1. The molecule has 0 saturated carbocycles. The van der Waals surface area contributed by atoms with Gasteiger partial charge in [0.2, 0.25) is 0 Å². The van der Waals surface area contributed by atoms with Crippen LogP contribution in [0.3, 0.4) is 0 Å². The Kier molecular flexibility index (Phi) is 3.69. The van der Waals surface area contributed by atoms with Crippen LogP contribution in [0.1, 0.15) is 31.1 Å². The molecule has 106 valence electrons. The van der Waals surface area contributed by atoms with E-state index in [9.17, 15) is 14.4 Å². The number of Topliss-reactive ketones (excluding diaryl/α,β-unsaturated/α-hetero) is 1.